The minimum absolute atomic E-state index is 0.537. The summed E-state index contributed by atoms with van der Waals surface area (Å²) in [5.41, 5.74) is 16.5. The number of hydrogen-bond acceptors (Lipinski definition) is 3. The largest absolute Gasteiger partial charge is 0.254 e. The van der Waals surface area contributed by atoms with E-state index in [1.165, 1.54) is 6.08 Å². The molecule has 1 aromatic carbocycles. The normalized spacial score (nSPS) is 13.4. The van der Waals surface area contributed by atoms with Crippen LogP contribution in [0.2, 0.25) is 0 Å². The van der Waals surface area contributed by atoms with Gasteiger partial charge in [-0.3, -0.25) is 4.21 Å². The second-order valence-electron chi connectivity index (χ2n) is 2.75. The maximum absolute atomic E-state index is 12.0. The monoisotopic (exact) mass is 248 g/mol. The van der Waals surface area contributed by atoms with E-state index >= 15 is 0 Å². The van der Waals surface area contributed by atoms with Crippen molar-refractivity contribution in [2.24, 2.45) is 10.2 Å². The van der Waals surface area contributed by atoms with Crippen molar-refractivity contribution >= 4 is 10.8 Å². The van der Waals surface area contributed by atoms with Crippen LogP contribution in [0.15, 0.2) is 57.7 Å². The van der Waals surface area contributed by atoms with E-state index in [1.807, 2.05) is 0 Å². The average Bonchev–Trinajstić information content (AvgIpc) is 2.38. The van der Waals surface area contributed by atoms with Gasteiger partial charge in [0.1, 0.15) is 5.37 Å². The lowest BCUT2D eigenvalue weighted by Crippen LogP contribution is -2.08. The molecule has 17 heavy (non-hydrogen) atoms. The molecule has 0 saturated heterocycles. The van der Waals surface area contributed by atoms with Crippen LogP contribution >= 0.6 is 0 Å². The van der Waals surface area contributed by atoms with Crippen LogP contribution < -0.4 is 0 Å². The van der Waals surface area contributed by atoms with Gasteiger partial charge in [0.2, 0.25) is 0 Å². The predicted molar refractivity (Wildman–Crippen MR) is 64.1 cm³/mol. The number of nitrogens with zero attached hydrogens (tertiary/aromatic N) is 6. The quantitative estimate of drug-likeness (QED) is 0.444. The van der Waals surface area contributed by atoms with Crippen molar-refractivity contribution < 1.29 is 4.21 Å². The van der Waals surface area contributed by atoms with Crippen LogP contribution in [-0.4, -0.2) is 9.58 Å². The van der Waals surface area contributed by atoms with E-state index in [9.17, 15) is 4.21 Å². The molecular formula is C9H8N6OS. The second-order valence-corrected chi connectivity index (χ2v) is 4.30. The van der Waals surface area contributed by atoms with E-state index in [1.54, 1.807) is 30.3 Å². The Kier molecular flexibility index (Phi) is 5.33. The molecule has 0 aliphatic rings. The van der Waals surface area contributed by atoms with Crippen LogP contribution in [0.3, 0.4) is 0 Å². The van der Waals surface area contributed by atoms with Gasteiger partial charge in [-0.15, -0.1) is 0 Å². The van der Waals surface area contributed by atoms with Gasteiger partial charge in [-0.25, -0.2) is 0 Å². The maximum Gasteiger partial charge on any atom is 0.136 e. The van der Waals surface area contributed by atoms with Crippen LogP contribution in [0.5, 0.6) is 0 Å². The van der Waals surface area contributed by atoms with Crippen molar-refractivity contribution in [3.63, 3.8) is 0 Å². The van der Waals surface area contributed by atoms with E-state index in [4.69, 9.17) is 11.1 Å². The van der Waals surface area contributed by atoms with E-state index in [0.717, 1.165) is 6.20 Å². The van der Waals surface area contributed by atoms with Gasteiger partial charge >= 0.3 is 0 Å². The Morgan fingerprint density at radius 1 is 1.24 bits per heavy atom. The fourth-order valence-electron chi connectivity index (χ4n) is 1.04. The summed E-state index contributed by atoms with van der Waals surface area (Å²) in [6, 6.07) is 8.59. The highest BCUT2D eigenvalue weighted by Crippen LogP contribution is 2.13. The highest BCUT2D eigenvalue weighted by molar-refractivity contribution is 7.85. The fraction of sp³-hybridized carbons (Fsp3) is 0.111. The van der Waals surface area contributed by atoms with Crippen LogP contribution in [0.4, 0.5) is 0 Å². The zero-order chi connectivity index (χ0) is 12.5. The van der Waals surface area contributed by atoms with Crippen molar-refractivity contribution in [2.45, 2.75) is 10.3 Å². The molecule has 8 heteroatoms. The molecule has 0 bridgehead atoms. The Labute approximate surface area is 99.5 Å². The fourth-order valence-corrected chi connectivity index (χ4v) is 2.08. The lowest BCUT2D eigenvalue weighted by atomic mass is 10.4. The summed E-state index contributed by atoms with van der Waals surface area (Å²) in [4.78, 5) is 5.65. The predicted octanol–water partition coefficient (Wildman–Crippen LogP) is 3.25. The Hall–Kier alpha value is -2.27. The second kappa shape index (κ2) is 7.08. The molecule has 0 fully saturated rings. The minimum Gasteiger partial charge on any atom is -0.254 e. The van der Waals surface area contributed by atoms with Crippen molar-refractivity contribution in [1.82, 2.24) is 0 Å². The van der Waals surface area contributed by atoms with Crippen molar-refractivity contribution in [2.75, 3.05) is 0 Å². The van der Waals surface area contributed by atoms with Gasteiger partial charge in [-0.2, -0.15) is 0 Å². The van der Waals surface area contributed by atoms with Gasteiger partial charge in [-0.1, -0.05) is 34.5 Å². The molecule has 0 amide bonds. The van der Waals surface area contributed by atoms with Crippen molar-refractivity contribution in [3.05, 3.63) is 63.5 Å². The first-order valence-electron chi connectivity index (χ1n) is 4.50. The Bertz CT molecular complexity index is 516. The third-order valence-electron chi connectivity index (χ3n) is 1.73. The number of azide groups is 2. The van der Waals surface area contributed by atoms with E-state index in [-0.39, 0.29) is 0 Å². The molecule has 2 unspecified atom stereocenters. The molecule has 0 spiro atoms. The summed E-state index contributed by atoms with van der Waals surface area (Å²) < 4.78 is 12.0. The van der Waals surface area contributed by atoms with Crippen LogP contribution in [0, 0.1) is 0 Å². The molecular weight excluding hydrogens is 240 g/mol. The van der Waals surface area contributed by atoms with Crippen LogP contribution in [0.25, 0.3) is 20.9 Å². The van der Waals surface area contributed by atoms with Crippen molar-refractivity contribution in [3.8, 4) is 0 Å². The van der Waals surface area contributed by atoms with Gasteiger partial charge in [-0.05, 0) is 29.4 Å². The molecule has 0 saturated carbocycles. The van der Waals surface area contributed by atoms with Gasteiger partial charge in [0.05, 0.1) is 10.8 Å². The van der Waals surface area contributed by atoms with Crippen LogP contribution in [-0.2, 0) is 10.8 Å². The van der Waals surface area contributed by atoms with E-state index in [0.29, 0.717) is 4.90 Å². The molecule has 0 radical (unpaired) electrons. The molecule has 86 valence electrons. The zero-order valence-corrected chi connectivity index (χ0v) is 9.44. The third kappa shape index (κ3) is 4.00. The molecule has 7 nitrogen and oxygen atoms in total. The molecule has 0 heterocycles. The Balaban J connectivity index is 2.96. The SMILES string of the molecule is [N-]=[N+]=N/C=C\C(N=[N+]=[N-])S(=O)c1ccccc1. The number of rotatable bonds is 5. The third-order valence-corrected chi connectivity index (χ3v) is 3.16. The molecule has 0 aliphatic heterocycles. The number of hydrogen-bond donors (Lipinski definition) is 0. The molecule has 0 aromatic heterocycles. The highest BCUT2D eigenvalue weighted by atomic mass is 32.2. The average molecular weight is 248 g/mol. The van der Waals surface area contributed by atoms with Gasteiger partial charge < -0.3 is 0 Å². The van der Waals surface area contributed by atoms with Crippen molar-refractivity contribution in [1.29, 1.82) is 0 Å². The first-order chi connectivity index (χ1) is 8.29. The molecule has 0 aliphatic carbocycles. The summed E-state index contributed by atoms with van der Waals surface area (Å²) >= 11 is 0. The van der Waals surface area contributed by atoms with E-state index in [2.05, 4.69) is 20.1 Å². The minimum atomic E-state index is -1.52. The lowest BCUT2D eigenvalue weighted by Gasteiger charge is -2.05. The number of benzene rings is 1. The van der Waals surface area contributed by atoms with Gasteiger partial charge in [0, 0.05) is 14.7 Å². The van der Waals surface area contributed by atoms with E-state index < -0.39 is 16.2 Å². The highest BCUT2D eigenvalue weighted by Gasteiger charge is 2.12. The summed E-state index contributed by atoms with van der Waals surface area (Å²) in [6.07, 6.45) is 2.41. The van der Waals surface area contributed by atoms with Gasteiger partial charge in [0.15, 0.2) is 0 Å². The summed E-state index contributed by atoms with van der Waals surface area (Å²) in [7, 11) is -1.52. The molecule has 0 N–H and O–H groups in total. The molecule has 1 rings (SSSR count). The summed E-state index contributed by atoms with van der Waals surface area (Å²) in [5.74, 6) is 0. The Morgan fingerprint density at radius 3 is 2.53 bits per heavy atom. The molecule has 2 atom stereocenters. The summed E-state index contributed by atoms with van der Waals surface area (Å²) in [6.45, 7) is 0. The lowest BCUT2D eigenvalue weighted by molar-refractivity contribution is 0.678. The maximum atomic E-state index is 12.0. The summed E-state index contributed by atoms with van der Waals surface area (Å²) in [5, 5.41) is 5.64. The topological polar surface area (TPSA) is 115 Å². The first kappa shape index (κ1) is 12.8. The molecule has 1 aromatic rings. The first-order valence-corrected chi connectivity index (χ1v) is 5.71. The smallest absolute Gasteiger partial charge is 0.136 e. The van der Waals surface area contributed by atoms with Crippen LogP contribution in [0.1, 0.15) is 0 Å². The zero-order valence-electron chi connectivity index (χ0n) is 8.62. The Morgan fingerprint density at radius 2 is 1.94 bits per heavy atom. The van der Waals surface area contributed by atoms with Gasteiger partial charge in [0.25, 0.3) is 0 Å². The standard InChI is InChI=1S/C9H8N6OS/c10-14-12-7-6-9(13-15-11)17(16)8-4-2-1-3-5-8/h1-7,9H/b7-6-.